The van der Waals surface area contributed by atoms with Gasteiger partial charge in [-0.1, -0.05) is 19.1 Å². The van der Waals surface area contributed by atoms with Crippen molar-refractivity contribution in [2.45, 2.75) is 50.1 Å². The molecule has 3 amide bonds. The SMILES string of the molecule is CC[C@@H]1NC(=O)CCCN(S(=O)(=O)c2cccc3c2OCCO3)CCCNC(=O)c2ccc(OC)c(c2)Oc2ccc(cc2F)CNC1=O. The van der Waals surface area contributed by atoms with Crippen LogP contribution in [0, 0.1) is 5.82 Å². The van der Waals surface area contributed by atoms with E-state index in [-0.39, 0.29) is 92.1 Å². The quantitative estimate of drug-likeness (QED) is 0.370. The first-order valence-electron chi connectivity index (χ1n) is 16.0. The van der Waals surface area contributed by atoms with E-state index in [0.717, 1.165) is 0 Å². The number of sulfonamides is 1. The topological polar surface area (TPSA) is 162 Å². The number of ether oxygens (including phenoxy) is 4. The minimum Gasteiger partial charge on any atom is -0.493 e. The number of halogens is 1. The molecule has 0 aliphatic carbocycles. The number of carbonyl (C=O) groups is 3. The molecule has 0 spiro atoms. The van der Waals surface area contributed by atoms with Crippen molar-refractivity contribution in [1.29, 1.82) is 0 Å². The molecule has 15 heteroatoms. The second kappa shape index (κ2) is 16.0. The maximum atomic E-state index is 15.1. The molecule has 3 N–H and O–H groups in total. The molecular weight excluding hydrogens is 659 g/mol. The lowest BCUT2D eigenvalue weighted by molar-refractivity contribution is -0.129. The molecule has 262 valence electrons. The molecule has 1 atom stereocenters. The Morgan fingerprint density at radius 2 is 1.73 bits per heavy atom. The molecule has 4 bridgehead atoms. The number of carbonyl (C=O) groups excluding carboxylic acids is 3. The lowest BCUT2D eigenvalue weighted by Gasteiger charge is -2.26. The van der Waals surface area contributed by atoms with Crippen LogP contribution in [0.2, 0.25) is 0 Å². The van der Waals surface area contributed by atoms with E-state index in [0.29, 0.717) is 17.7 Å². The maximum absolute atomic E-state index is 15.1. The Kier molecular flexibility index (Phi) is 11.6. The van der Waals surface area contributed by atoms with E-state index in [9.17, 15) is 22.8 Å². The molecule has 3 heterocycles. The monoisotopic (exact) mass is 698 g/mol. The Morgan fingerprint density at radius 3 is 2.51 bits per heavy atom. The van der Waals surface area contributed by atoms with E-state index in [4.69, 9.17) is 18.9 Å². The lowest BCUT2D eigenvalue weighted by atomic mass is 10.1. The molecular formula is C34H39FN4O9S. The van der Waals surface area contributed by atoms with Crippen molar-refractivity contribution in [3.63, 3.8) is 0 Å². The van der Waals surface area contributed by atoms with Crippen LogP contribution < -0.4 is 34.9 Å². The third kappa shape index (κ3) is 8.59. The van der Waals surface area contributed by atoms with Gasteiger partial charge in [-0.2, -0.15) is 4.31 Å². The molecule has 0 unspecified atom stereocenters. The Labute approximate surface area is 284 Å². The number of nitrogens with one attached hydrogen (secondary N) is 3. The van der Waals surface area contributed by atoms with Crippen LogP contribution in [0.15, 0.2) is 59.5 Å². The first-order chi connectivity index (χ1) is 23.6. The Hall–Kier alpha value is -4.89. The van der Waals surface area contributed by atoms with Gasteiger partial charge in [0.2, 0.25) is 21.8 Å². The van der Waals surface area contributed by atoms with Crippen LogP contribution in [0.5, 0.6) is 28.7 Å². The first-order valence-corrected chi connectivity index (χ1v) is 17.4. The number of amides is 3. The van der Waals surface area contributed by atoms with Gasteiger partial charge in [0, 0.05) is 38.2 Å². The fourth-order valence-corrected chi connectivity index (χ4v) is 7.06. The van der Waals surface area contributed by atoms with E-state index in [2.05, 4.69) is 16.0 Å². The van der Waals surface area contributed by atoms with Crippen molar-refractivity contribution in [2.24, 2.45) is 0 Å². The standard InChI is InChI=1S/C34H39FN4O9S/c1-3-25-34(42)37-21-22-10-12-26(24(35)19-22)48-29-20-23(11-13-27(29)45-2)33(41)36-14-6-16-39(15-5-9-31(40)38-25)49(43,44)30-8-4-7-28-32(30)47-18-17-46-28/h4,7-8,10-13,19-20,25H,3,5-6,9,14-18,21H2,1-2H3,(H,36,41)(H,37,42)(H,38,40)/t25-/m0/s1. The van der Waals surface area contributed by atoms with Crippen LogP contribution in [0.25, 0.3) is 0 Å². The molecule has 0 aromatic heterocycles. The van der Waals surface area contributed by atoms with Crippen molar-refractivity contribution in [1.82, 2.24) is 20.3 Å². The number of nitrogens with zero attached hydrogens (tertiary/aromatic N) is 1. The summed E-state index contributed by atoms with van der Waals surface area (Å²) in [6.07, 6.45) is 0.638. The van der Waals surface area contributed by atoms with E-state index in [1.165, 1.54) is 47.8 Å². The van der Waals surface area contributed by atoms with Gasteiger partial charge in [0.1, 0.15) is 24.2 Å². The Balaban J connectivity index is 1.40. The summed E-state index contributed by atoms with van der Waals surface area (Å²) in [6.45, 7) is 2.33. The number of methoxy groups -OCH3 is 1. The highest BCUT2D eigenvalue weighted by Gasteiger charge is 2.31. The van der Waals surface area contributed by atoms with Crippen molar-refractivity contribution < 1.29 is 46.1 Å². The van der Waals surface area contributed by atoms with Crippen LogP contribution in [0.3, 0.4) is 0 Å². The molecule has 0 radical (unpaired) electrons. The molecule has 3 aliphatic heterocycles. The third-order valence-corrected chi connectivity index (χ3v) is 9.92. The van der Waals surface area contributed by atoms with Gasteiger partial charge in [-0.05, 0) is 67.3 Å². The van der Waals surface area contributed by atoms with E-state index in [1.54, 1.807) is 25.1 Å². The van der Waals surface area contributed by atoms with Crippen LogP contribution >= 0.6 is 0 Å². The summed E-state index contributed by atoms with van der Waals surface area (Å²) < 4.78 is 66.7. The van der Waals surface area contributed by atoms with E-state index < -0.39 is 39.6 Å². The number of rotatable bonds is 4. The summed E-state index contributed by atoms with van der Waals surface area (Å²) in [5.41, 5.74) is 0.666. The normalized spacial score (nSPS) is 18.4. The predicted molar refractivity (Wildman–Crippen MR) is 176 cm³/mol. The minimum atomic E-state index is -4.12. The molecule has 0 fully saturated rings. The molecule has 49 heavy (non-hydrogen) atoms. The summed E-state index contributed by atoms with van der Waals surface area (Å²) in [4.78, 5) is 38.8. The summed E-state index contributed by atoms with van der Waals surface area (Å²) in [5, 5.41) is 8.20. The average molecular weight is 699 g/mol. The molecule has 3 aromatic rings. The van der Waals surface area contributed by atoms with Crippen molar-refractivity contribution in [3.05, 3.63) is 71.5 Å². The highest BCUT2D eigenvalue weighted by atomic mass is 32.2. The fourth-order valence-electron chi connectivity index (χ4n) is 5.40. The predicted octanol–water partition coefficient (Wildman–Crippen LogP) is 3.51. The Morgan fingerprint density at radius 1 is 0.939 bits per heavy atom. The summed E-state index contributed by atoms with van der Waals surface area (Å²) >= 11 is 0. The third-order valence-electron chi connectivity index (χ3n) is 8.00. The van der Waals surface area contributed by atoms with Gasteiger partial charge in [-0.25, -0.2) is 12.8 Å². The zero-order valence-corrected chi connectivity index (χ0v) is 28.1. The van der Waals surface area contributed by atoms with E-state index >= 15 is 4.39 Å². The van der Waals surface area contributed by atoms with Crippen LogP contribution in [0.1, 0.15) is 48.5 Å². The molecule has 13 nitrogen and oxygen atoms in total. The summed E-state index contributed by atoms with van der Waals surface area (Å²) in [7, 11) is -2.71. The largest absolute Gasteiger partial charge is 0.493 e. The molecule has 3 aliphatic rings. The highest BCUT2D eigenvalue weighted by molar-refractivity contribution is 7.89. The summed E-state index contributed by atoms with van der Waals surface area (Å²) in [6, 6.07) is 12.5. The number of hydrogen-bond acceptors (Lipinski definition) is 9. The maximum Gasteiger partial charge on any atom is 0.251 e. The van der Waals surface area contributed by atoms with Crippen molar-refractivity contribution >= 4 is 27.7 Å². The Bertz CT molecular complexity index is 1800. The number of benzene rings is 3. The minimum absolute atomic E-state index is 0.00779. The second-order valence-corrected chi connectivity index (χ2v) is 13.3. The molecule has 6 rings (SSSR count). The molecule has 0 saturated carbocycles. The average Bonchev–Trinajstić information content (AvgIpc) is 3.10. The van der Waals surface area contributed by atoms with Gasteiger partial charge in [-0.3, -0.25) is 14.4 Å². The van der Waals surface area contributed by atoms with Crippen molar-refractivity contribution in [2.75, 3.05) is 40.0 Å². The van der Waals surface area contributed by atoms with Gasteiger partial charge < -0.3 is 34.9 Å². The smallest absolute Gasteiger partial charge is 0.251 e. The van der Waals surface area contributed by atoms with Crippen LogP contribution in [-0.2, 0) is 26.2 Å². The van der Waals surface area contributed by atoms with Crippen LogP contribution in [-0.4, -0.2) is 76.4 Å². The second-order valence-electron chi connectivity index (χ2n) is 11.4. The number of hydrogen-bond donors (Lipinski definition) is 3. The number of para-hydroxylation sites is 1. The van der Waals surface area contributed by atoms with Gasteiger partial charge in [-0.15, -0.1) is 0 Å². The van der Waals surface area contributed by atoms with E-state index in [1.807, 2.05) is 0 Å². The zero-order chi connectivity index (χ0) is 35.0. The van der Waals surface area contributed by atoms with Crippen LogP contribution in [0.4, 0.5) is 4.39 Å². The van der Waals surface area contributed by atoms with Gasteiger partial charge in [0.15, 0.2) is 34.6 Å². The van der Waals surface area contributed by atoms with Gasteiger partial charge in [0.25, 0.3) is 5.91 Å². The molecule has 3 aromatic carbocycles. The number of fused-ring (bicyclic) bond motifs is 17. The van der Waals surface area contributed by atoms with Gasteiger partial charge in [0.05, 0.1) is 7.11 Å². The fraction of sp³-hybridized carbons (Fsp3) is 0.382. The summed E-state index contributed by atoms with van der Waals surface area (Å²) in [5.74, 6) is -1.35. The first kappa shape index (κ1) is 35.4. The lowest BCUT2D eigenvalue weighted by Crippen LogP contribution is -2.46. The zero-order valence-electron chi connectivity index (χ0n) is 27.3. The molecule has 0 saturated heterocycles. The highest BCUT2D eigenvalue weighted by Crippen LogP contribution is 2.38. The van der Waals surface area contributed by atoms with Crippen molar-refractivity contribution in [3.8, 4) is 28.7 Å². The van der Waals surface area contributed by atoms with Gasteiger partial charge >= 0.3 is 0 Å².